The topological polar surface area (TPSA) is 47.2 Å². The molecule has 5 heteroatoms. The Morgan fingerprint density at radius 2 is 1.92 bits per heavy atom. The molecular weight excluding hydrogens is 331 g/mol. The van der Waals surface area contributed by atoms with E-state index in [0.717, 1.165) is 22.9 Å². The molecule has 0 atom stereocenters. The summed E-state index contributed by atoms with van der Waals surface area (Å²) in [6.07, 6.45) is 7.06. The normalized spacial score (nSPS) is 11.5. The smallest absolute Gasteiger partial charge is 0.333 e. The van der Waals surface area contributed by atoms with Crippen molar-refractivity contribution in [3.05, 3.63) is 101 Å². The third-order valence-corrected chi connectivity index (χ3v) is 4.15. The molecule has 1 aromatic heterocycles. The van der Waals surface area contributed by atoms with Gasteiger partial charge in [-0.3, -0.25) is 9.13 Å². The number of aromatic nitrogens is 2. The Balaban J connectivity index is 1.89. The van der Waals surface area contributed by atoms with Crippen LogP contribution >= 0.6 is 0 Å². The molecular formula is C21H19FN2O2. The van der Waals surface area contributed by atoms with Crippen LogP contribution in [0.5, 0.6) is 5.75 Å². The molecule has 0 fully saturated rings. The zero-order valence-electron chi connectivity index (χ0n) is 14.4. The fraction of sp³-hybridized carbons (Fsp3) is 0.0952. The van der Waals surface area contributed by atoms with Crippen molar-refractivity contribution < 1.29 is 9.50 Å². The molecule has 0 radical (unpaired) electrons. The fourth-order valence-electron chi connectivity index (χ4n) is 2.87. The predicted octanol–water partition coefficient (Wildman–Crippen LogP) is 4.12. The minimum atomic E-state index is -0.537. The van der Waals surface area contributed by atoms with Gasteiger partial charge in [-0.15, -0.1) is 0 Å². The highest BCUT2D eigenvalue weighted by atomic mass is 19.1. The first kappa shape index (κ1) is 17.5. The van der Waals surface area contributed by atoms with Crippen molar-refractivity contribution in [1.29, 1.82) is 0 Å². The number of phenols is 1. The summed E-state index contributed by atoms with van der Waals surface area (Å²) < 4.78 is 16.4. The van der Waals surface area contributed by atoms with E-state index in [-0.39, 0.29) is 18.0 Å². The average molecular weight is 350 g/mol. The summed E-state index contributed by atoms with van der Waals surface area (Å²) >= 11 is 0. The van der Waals surface area contributed by atoms with Gasteiger partial charge >= 0.3 is 5.69 Å². The summed E-state index contributed by atoms with van der Waals surface area (Å²) in [5.74, 6) is -0.699. The Morgan fingerprint density at radius 3 is 2.54 bits per heavy atom. The van der Waals surface area contributed by atoms with Crippen molar-refractivity contribution in [2.45, 2.75) is 13.5 Å². The molecule has 132 valence electrons. The van der Waals surface area contributed by atoms with Crippen LogP contribution in [0.1, 0.15) is 18.1 Å². The maximum Gasteiger partial charge on any atom is 0.333 e. The molecule has 1 heterocycles. The third kappa shape index (κ3) is 3.52. The number of nitrogens with zero attached hydrogens (tertiary/aromatic N) is 2. The first-order chi connectivity index (χ1) is 12.5. The van der Waals surface area contributed by atoms with Gasteiger partial charge in [-0.2, -0.15) is 0 Å². The number of halogens is 1. The summed E-state index contributed by atoms with van der Waals surface area (Å²) in [6, 6.07) is 11.4. The minimum absolute atomic E-state index is 0.162. The largest absolute Gasteiger partial charge is 0.508 e. The number of aromatic hydroxyl groups is 1. The van der Waals surface area contributed by atoms with Crippen LogP contribution in [0.4, 0.5) is 4.39 Å². The lowest BCUT2D eigenvalue weighted by Crippen LogP contribution is -2.23. The fourth-order valence-corrected chi connectivity index (χ4v) is 2.87. The van der Waals surface area contributed by atoms with Crippen LogP contribution in [-0.4, -0.2) is 14.2 Å². The number of imidazole rings is 1. The average Bonchev–Trinajstić information content (AvgIpc) is 2.96. The maximum absolute atomic E-state index is 13.4. The molecule has 0 aliphatic heterocycles. The van der Waals surface area contributed by atoms with Crippen molar-refractivity contribution in [3.63, 3.8) is 0 Å². The highest BCUT2D eigenvalue weighted by Gasteiger charge is 2.08. The minimum Gasteiger partial charge on any atom is -0.508 e. The van der Waals surface area contributed by atoms with Gasteiger partial charge in [0.15, 0.2) is 0 Å². The Bertz CT molecular complexity index is 1010. The number of benzene rings is 2. The molecule has 0 aliphatic rings. The van der Waals surface area contributed by atoms with E-state index < -0.39 is 5.82 Å². The van der Waals surface area contributed by atoms with E-state index in [1.807, 2.05) is 37.3 Å². The molecule has 26 heavy (non-hydrogen) atoms. The molecule has 0 spiro atoms. The summed E-state index contributed by atoms with van der Waals surface area (Å²) in [5, 5.41) is 9.49. The molecule has 0 aliphatic carbocycles. The van der Waals surface area contributed by atoms with Crippen molar-refractivity contribution in [2.75, 3.05) is 0 Å². The van der Waals surface area contributed by atoms with Gasteiger partial charge in [0.1, 0.15) is 11.6 Å². The predicted molar refractivity (Wildman–Crippen MR) is 101 cm³/mol. The zero-order valence-corrected chi connectivity index (χ0v) is 14.4. The molecule has 0 unspecified atom stereocenters. The van der Waals surface area contributed by atoms with Crippen molar-refractivity contribution in [3.8, 4) is 11.4 Å². The molecule has 0 amide bonds. The van der Waals surface area contributed by atoms with E-state index in [1.165, 1.54) is 21.3 Å². The van der Waals surface area contributed by atoms with E-state index in [4.69, 9.17) is 0 Å². The second-order valence-corrected chi connectivity index (χ2v) is 5.89. The molecule has 4 nitrogen and oxygen atoms in total. The van der Waals surface area contributed by atoms with Crippen LogP contribution in [0.15, 0.2) is 78.4 Å². The Morgan fingerprint density at radius 1 is 1.19 bits per heavy atom. The Hall–Kier alpha value is -3.34. The van der Waals surface area contributed by atoms with Gasteiger partial charge in [0.25, 0.3) is 0 Å². The second-order valence-electron chi connectivity index (χ2n) is 5.89. The Labute approximate surface area is 150 Å². The number of hydrogen-bond donors (Lipinski definition) is 1. The summed E-state index contributed by atoms with van der Waals surface area (Å²) in [5.41, 5.74) is 3.05. The third-order valence-electron chi connectivity index (χ3n) is 4.15. The second kappa shape index (κ2) is 7.27. The molecule has 0 bridgehead atoms. The summed E-state index contributed by atoms with van der Waals surface area (Å²) in [7, 11) is 0. The lowest BCUT2D eigenvalue weighted by Gasteiger charge is -2.06. The van der Waals surface area contributed by atoms with Crippen LogP contribution in [-0.2, 0) is 6.54 Å². The van der Waals surface area contributed by atoms with Crippen molar-refractivity contribution in [2.24, 2.45) is 0 Å². The van der Waals surface area contributed by atoms with Crippen molar-refractivity contribution in [1.82, 2.24) is 9.13 Å². The summed E-state index contributed by atoms with van der Waals surface area (Å²) in [4.78, 5) is 12.6. The van der Waals surface area contributed by atoms with Crippen LogP contribution in [0.2, 0.25) is 0 Å². The van der Waals surface area contributed by atoms with E-state index in [2.05, 4.69) is 6.58 Å². The molecule has 3 rings (SSSR count). The van der Waals surface area contributed by atoms with Gasteiger partial charge in [0.05, 0.1) is 12.2 Å². The van der Waals surface area contributed by atoms with E-state index in [9.17, 15) is 14.3 Å². The maximum atomic E-state index is 13.4. The van der Waals surface area contributed by atoms with Gasteiger partial charge in [0.2, 0.25) is 0 Å². The Kier molecular flexibility index (Phi) is 4.89. The quantitative estimate of drug-likeness (QED) is 0.704. The van der Waals surface area contributed by atoms with Gasteiger partial charge in [0, 0.05) is 18.5 Å². The van der Waals surface area contributed by atoms with Crippen molar-refractivity contribution >= 4 is 5.57 Å². The van der Waals surface area contributed by atoms with Gasteiger partial charge < -0.3 is 5.11 Å². The molecule has 1 N–H and O–H groups in total. The monoisotopic (exact) mass is 350 g/mol. The summed E-state index contributed by atoms with van der Waals surface area (Å²) in [6.45, 7) is 5.91. The number of rotatable bonds is 5. The van der Waals surface area contributed by atoms with Crippen LogP contribution in [0.3, 0.4) is 0 Å². The first-order valence-electron chi connectivity index (χ1n) is 8.17. The standard InChI is InChI=1S/C21H19FN2O2/c1-3-16(4-2)17-5-7-19(8-6-17)24-10-9-23(21(24)26)14-15-11-18(22)13-20(25)12-15/h3-13,25H,1,14H2,2H3/b16-4+. The van der Waals surface area contributed by atoms with E-state index in [0.29, 0.717) is 5.56 Å². The highest BCUT2D eigenvalue weighted by Crippen LogP contribution is 2.18. The lowest BCUT2D eigenvalue weighted by atomic mass is 10.1. The first-order valence-corrected chi connectivity index (χ1v) is 8.17. The molecule has 0 saturated heterocycles. The number of allylic oxidation sites excluding steroid dienone is 3. The molecule has 0 saturated carbocycles. The van der Waals surface area contributed by atoms with Crippen LogP contribution < -0.4 is 5.69 Å². The molecule has 2 aromatic carbocycles. The van der Waals surface area contributed by atoms with E-state index >= 15 is 0 Å². The van der Waals surface area contributed by atoms with E-state index in [1.54, 1.807) is 18.5 Å². The van der Waals surface area contributed by atoms with Gasteiger partial charge in [-0.1, -0.05) is 30.9 Å². The molecule has 3 aromatic rings. The SMILES string of the molecule is C=C/C(=C\C)c1ccc(-n2ccn(Cc3cc(O)cc(F)c3)c2=O)cc1. The van der Waals surface area contributed by atoms with Gasteiger partial charge in [-0.25, -0.2) is 9.18 Å². The van der Waals surface area contributed by atoms with Crippen LogP contribution in [0, 0.1) is 5.82 Å². The van der Waals surface area contributed by atoms with Gasteiger partial charge in [-0.05, 0) is 47.9 Å². The number of hydrogen-bond acceptors (Lipinski definition) is 2. The highest BCUT2D eigenvalue weighted by molar-refractivity contribution is 5.73. The van der Waals surface area contributed by atoms with Crippen LogP contribution in [0.25, 0.3) is 11.3 Å². The number of phenolic OH excluding ortho intramolecular Hbond substituents is 1. The lowest BCUT2D eigenvalue weighted by molar-refractivity contribution is 0.467. The zero-order chi connectivity index (χ0) is 18.7.